The molecule has 1 aliphatic heterocycles. The van der Waals surface area contributed by atoms with Gasteiger partial charge in [0.25, 0.3) is 0 Å². The summed E-state index contributed by atoms with van der Waals surface area (Å²) in [4.78, 5) is 6.58. The van der Waals surface area contributed by atoms with Crippen molar-refractivity contribution >= 4 is 0 Å². The van der Waals surface area contributed by atoms with E-state index in [0.29, 0.717) is 0 Å². The van der Waals surface area contributed by atoms with Crippen molar-refractivity contribution in [1.29, 1.82) is 0 Å². The van der Waals surface area contributed by atoms with Crippen LogP contribution in [0, 0.1) is 11.7 Å². The van der Waals surface area contributed by atoms with Gasteiger partial charge in [-0.1, -0.05) is 12.1 Å². The lowest BCUT2D eigenvalue weighted by Crippen LogP contribution is -2.41. The normalized spacial score (nSPS) is 20.7. The summed E-state index contributed by atoms with van der Waals surface area (Å²) in [6.45, 7) is 5.95. The van der Waals surface area contributed by atoms with Crippen molar-refractivity contribution in [3.8, 4) is 0 Å². The SMILES string of the molecule is C[C@H](c1ccc(F)cc1)n1cncc1C(C)(O)C1CCN(C)CC1. The Balaban J connectivity index is 1.87. The molecule has 1 fully saturated rings. The molecule has 0 saturated carbocycles. The summed E-state index contributed by atoms with van der Waals surface area (Å²) in [7, 11) is 2.12. The number of rotatable bonds is 4. The van der Waals surface area contributed by atoms with E-state index in [2.05, 4.69) is 16.9 Å². The molecular weight excluding hydrogens is 305 g/mol. The maximum absolute atomic E-state index is 13.2. The first-order chi connectivity index (χ1) is 11.4. The first-order valence-electron chi connectivity index (χ1n) is 8.58. The molecule has 0 amide bonds. The van der Waals surface area contributed by atoms with Crippen LogP contribution in [0.3, 0.4) is 0 Å². The van der Waals surface area contributed by atoms with Crippen molar-refractivity contribution in [3.63, 3.8) is 0 Å². The first-order valence-corrected chi connectivity index (χ1v) is 8.58. The van der Waals surface area contributed by atoms with Gasteiger partial charge >= 0.3 is 0 Å². The summed E-state index contributed by atoms with van der Waals surface area (Å²) < 4.78 is 15.2. The molecule has 1 aromatic carbocycles. The molecule has 5 heteroatoms. The quantitative estimate of drug-likeness (QED) is 0.935. The second kappa shape index (κ2) is 6.65. The van der Waals surface area contributed by atoms with Gasteiger partial charge in [-0.2, -0.15) is 0 Å². The fraction of sp³-hybridized carbons (Fsp3) is 0.526. The van der Waals surface area contributed by atoms with E-state index in [4.69, 9.17) is 0 Å². The molecule has 0 aliphatic carbocycles. The number of nitrogens with zero attached hydrogens (tertiary/aromatic N) is 3. The highest BCUT2D eigenvalue weighted by atomic mass is 19.1. The largest absolute Gasteiger partial charge is 0.384 e. The highest BCUT2D eigenvalue weighted by Crippen LogP contribution is 2.37. The van der Waals surface area contributed by atoms with Crippen LogP contribution in [-0.4, -0.2) is 39.7 Å². The zero-order valence-corrected chi connectivity index (χ0v) is 14.6. The van der Waals surface area contributed by atoms with Gasteiger partial charge in [-0.15, -0.1) is 0 Å². The third kappa shape index (κ3) is 3.23. The standard InChI is InChI=1S/C19H26FN3O/c1-14(15-4-6-17(20)7-5-15)23-13-21-12-18(23)19(2,24)16-8-10-22(3)11-9-16/h4-7,12-14,16,24H,8-11H2,1-3H3/t14-,19?/m1/s1. The maximum atomic E-state index is 13.2. The molecule has 3 rings (SSSR count). The zero-order valence-electron chi connectivity index (χ0n) is 14.6. The van der Waals surface area contributed by atoms with E-state index in [9.17, 15) is 9.50 Å². The molecule has 0 radical (unpaired) electrons. The molecule has 1 aromatic heterocycles. The van der Waals surface area contributed by atoms with Crippen LogP contribution in [0.4, 0.5) is 4.39 Å². The number of likely N-dealkylation sites (tertiary alicyclic amines) is 1. The van der Waals surface area contributed by atoms with Gasteiger partial charge in [0.2, 0.25) is 0 Å². The van der Waals surface area contributed by atoms with Gasteiger partial charge in [0.15, 0.2) is 0 Å². The predicted molar refractivity (Wildman–Crippen MR) is 92.2 cm³/mol. The Morgan fingerprint density at radius 1 is 1.25 bits per heavy atom. The van der Waals surface area contributed by atoms with Crippen LogP contribution in [0.15, 0.2) is 36.8 Å². The lowest BCUT2D eigenvalue weighted by Gasteiger charge is -2.39. The van der Waals surface area contributed by atoms with Crippen molar-refractivity contribution in [2.75, 3.05) is 20.1 Å². The van der Waals surface area contributed by atoms with Crippen molar-refractivity contribution in [3.05, 3.63) is 53.9 Å². The van der Waals surface area contributed by atoms with Crippen molar-refractivity contribution in [1.82, 2.24) is 14.5 Å². The van der Waals surface area contributed by atoms with Crippen LogP contribution >= 0.6 is 0 Å². The summed E-state index contributed by atoms with van der Waals surface area (Å²) in [5.74, 6) is -0.0281. The van der Waals surface area contributed by atoms with Crippen LogP contribution in [-0.2, 0) is 5.60 Å². The Kier molecular flexibility index (Phi) is 4.74. The molecule has 2 heterocycles. The van der Waals surface area contributed by atoms with Crippen LogP contribution < -0.4 is 0 Å². The van der Waals surface area contributed by atoms with Gasteiger partial charge in [-0.25, -0.2) is 9.37 Å². The average molecular weight is 331 g/mol. The maximum Gasteiger partial charge on any atom is 0.123 e. The molecule has 1 N–H and O–H groups in total. The van der Waals surface area contributed by atoms with Crippen LogP contribution in [0.25, 0.3) is 0 Å². The Labute approximate surface area is 142 Å². The van der Waals surface area contributed by atoms with Crippen LogP contribution in [0.1, 0.15) is 44.0 Å². The van der Waals surface area contributed by atoms with E-state index in [1.807, 2.05) is 18.4 Å². The van der Waals surface area contributed by atoms with E-state index in [-0.39, 0.29) is 17.8 Å². The Morgan fingerprint density at radius 3 is 2.50 bits per heavy atom. The van der Waals surface area contributed by atoms with E-state index in [1.54, 1.807) is 24.7 Å². The third-order valence-corrected chi connectivity index (χ3v) is 5.47. The topological polar surface area (TPSA) is 41.3 Å². The molecule has 130 valence electrons. The van der Waals surface area contributed by atoms with Crippen LogP contribution in [0.2, 0.25) is 0 Å². The molecule has 1 unspecified atom stereocenters. The number of hydrogen-bond donors (Lipinski definition) is 1. The number of aliphatic hydroxyl groups is 1. The molecule has 0 bridgehead atoms. The Morgan fingerprint density at radius 2 is 1.88 bits per heavy atom. The van der Waals surface area contributed by atoms with Gasteiger partial charge in [0.05, 0.1) is 24.3 Å². The smallest absolute Gasteiger partial charge is 0.123 e. The summed E-state index contributed by atoms with van der Waals surface area (Å²) in [5, 5.41) is 11.3. The predicted octanol–water partition coefficient (Wildman–Crippen LogP) is 3.18. The van der Waals surface area contributed by atoms with E-state index >= 15 is 0 Å². The molecule has 24 heavy (non-hydrogen) atoms. The second-order valence-electron chi connectivity index (χ2n) is 7.14. The number of halogens is 1. The minimum Gasteiger partial charge on any atom is -0.384 e. The van der Waals surface area contributed by atoms with Crippen LogP contribution in [0.5, 0.6) is 0 Å². The molecule has 2 aromatic rings. The number of hydrogen-bond acceptors (Lipinski definition) is 3. The summed E-state index contributed by atoms with van der Waals surface area (Å²) in [5.41, 5.74) is 0.898. The van der Waals surface area contributed by atoms with E-state index in [0.717, 1.165) is 37.2 Å². The summed E-state index contributed by atoms with van der Waals surface area (Å²) in [6.07, 6.45) is 5.46. The number of benzene rings is 1. The summed E-state index contributed by atoms with van der Waals surface area (Å²) >= 11 is 0. The molecule has 2 atom stereocenters. The fourth-order valence-electron chi connectivity index (χ4n) is 3.69. The Bertz CT molecular complexity index is 672. The molecular formula is C19H26FN3O. The average Bonchev–Trinajstić information content (AvgIpc) is 3.06. The lowest BCUT2D eigenvalue weighted by molar-refractivity contribution is -0.0367. The monoisotopic (exact) mass is 331 g/mol. The van der Waals surface area contributed by atoms with E-state index < -0.39 is 5.60 Å². The fourth-order valence-corrected chi connectivity index (χ4v) is 3.69. The van der Waals surface area contributed by atoms with Crippen molar-refractivity contribution in [2.45, 2.75) is 38.3 Å². The van der Waals surface area contributed by atoms with Gasteiger partial charge in [0, 0.05) is 0 Å². The van der Waals surface area contributed by atoms with Gasteiger partial charge < -0.3 is 14.6 Å². The lowest BCUT2D eigenvalue weighted by atomic mass is 9.79. The number of imidazole rings is 1. The van der Waals surface area contributed by atoms with Gasteiger partial charge in [0.1, 0.15) is 11.4 Å². The second-order valence-corrected chi connectivity index (χ2v) is 7.14. The number of piperidine rings is 1. The molecule has 4 nitrogen and oxygen atoms in total. The Hall–Kier alpha value is -1.72. The minimum atomic E-state index is -0.925. The van der Waals surface area contributed by atoms with Crippen molar-refractivity contribution < 1.29 is 9.50 Å². The van der Waals surface area contributed by atoms with Crippen molar-refractivity contribution in [2.24, 2.45) is 5.92 Å². The van der Waals surface area contributed by atoms with E-state index in [1.165, 1.54) is 12.1 Å². The van der Waals surface area contributed by atoms with Gasteiger partial charge in [-0.3, -0.25) is 0 Å². The zero-order chi connectivity index (χ0) is 17.3. The number of aromatic nitrogens is 2. The highest BCUT2D eigenvalue weighted by molar-refractivity contribution is 5.23. The minimum absolute atomic E-state index is 0.0131. The third-order valence-electron chi connectivity index (χ3n) is 5.47. The molecule has 1 aliphatic rings. The molecule has 1 saturated heterocycles. The highest BCUT2D eigenvalue weighted by Gasteiger charge is 2.38. The summed E-state index contributed by atoms with van der Waals surface area (Å²) in [6, 6.07) is 6.50. The first kappa shape index (κ1) is 17.1. The molecule has 0 spiro atoms. The van der Waals surface area contributed by atoms with Gasteiger partial charge in [-0.05, 0) is 70.4 Å².